The summed E-state index contributed by atoms with van der Waals surface area (Å²) >= 11 is 0. The molecule has 0 bridgehead atoms. The van der Waals surface area contributed by atoms with E-state index in [0.717, 1.165) is 14.0 Å². The minimum absolute atomic E-state index is 0.0919. The fourth-order valence-electron chi connectivity index (χ4n) is 4.03. The average molecular weight is 497 g/mol. The molecule has 1 aliphatic rings. The van der Waals surface area contributed by atoms with Crippen LogP contribution in [0.4, 0.5) is 0 Å². The number of aryl methyl sites for hydroxylation is 1. The number of aliphatic carboxylic acids is 1. The Kier molecular flexibility index (Phi) is 7.50. The quantitative estimate of drug-likeness (QED) is 0.184. The lowest BCUT2D eigenvalue weighted by molar-refractivity contribution is -0.349. The number of carbonyl (C=O) groups excluding carboxylic acids is 1. The summed E-state index contributed by atoms with van der Waals surface area (Å²) in [7, 11) is 1.03. The van der Waals surface area contributed by atoms with E-state index in [9.17, 15) is 39.9 Å². The highest BCUT2D eigenvalue weighted by Crippen LogP contribution is 2.40. The van der Waals surface area contributed by atoms with E-state index in [4.69, 9.17) is 18.6 Å². The fraction of sp³-hybridized carbons (Fsp3) is 0.500. The van der Waals surface area contributed by atoms with Crippen LogP contribution in [0, 0.1) is 6.92 Å². The van der Waals surface area contributed by atoms with Crippen LogP contribution >= 0.6 is 0 Å². The maximum Gasteiger partial charge on any atom is 0.377 e. The van der Waals surface area contributed by atoms with Crippen molar-refractivity contribution in [3.8, 4) is 5.75 Å². The molecule has 6 N–H and O–H groups in total. The molecule has 0 aliphatic carbocycles. The topological polar surface area (TPSA) is 205 Å². The number of rotatable bonds is 8. The number of fused-ring (bicyclic) bond motifs is 1. The normalized spacial score (nSPS) is 28.3. The summed E-state index contributed by atoms with van der Waals surface area (Å²) in [4.78, 5) is 36.0. The minimum atomic E-state index is -2.71. The first-order valence-electron chi connectivity index (χ1n) is 10.5. The number of carboxylic acids is 1. The predicted molar refractivity (Wildman–Crippen MR) is 116 cm³/mol. The molecule has 1 aromatic carbocycles. The lowest BCUT2D eigenvalue weighted by Crippen LogP contribution is -2.74. The molecule has 1 fully saturated rings. The Labute approximate surface area is 198 Å². The van der Waals surface area contributed by atoms with Gasteiger partial charge in [0.25, 0.3) is 0 Å². The zero-order valence-electron chi connectivity index (χ0n) is 19.1. The van der Waals surface area contributed by atoms with Crippen LogP contribution in [0.15, 0.2) is 33.5 Å². The van der Waals surface area contributed by atoms with Crippen LogP contribution in [0.25, 0.3) is 11.0 Å². The highest BCUT2D eigenvalue weighted by Gasteiger charge is 2.63. The molecule has 13 nitrogen and oxygen atoms in total. The molecule has 3 rings (SSSR count). The van der Waals surface area contributed by atoms with Crippen molar-refractivity contribution in [2.24, 2.45) is 0 Å². The van der Waals surface area contributed by atoms with Gasteiger partial charge in [0.15, 0.2) is 5.79 Å². The molecule has 1 saturated heterocycles. The smallest absolute Gasteiger partial charge is 0.377 e. The molecule has 0 spiro atoms. The molecular formula is C22H27NO12. The van der Waals surface area contributed by atoms with Gasteiger partial charge in [-0.05, 0) is 24.6 Å². The largest absolute Gasteiger partial charge is 0.476 e. The first-order chi connectivity index (χ1) is 16.4. The third-order valence-corrected chi connectivity index (χ3v) is 5.79. The number of hydrogen-bond acceptors (Lipinski definition) is 11. The highest BCUT2D eigenvalue weighted by molar-refractivity contribution is 5.82. The summed E-state index contributed by atoms with van der Waals surface area (Å²) in [6, 6.07) is 3.85. The van der Waals surface area contributed by atoms with E-state index in [1.54, 1.807) is 6.92 Å². The first-order valence-corrected chi connectivity index (χ1v) is 10.5. The Morgan fingerprint density at radius 3 is 2.54 bits per heavy atom. The molecular weight excluding hydrogens is 470 g/mol. The molecule has 1 amide bonds. The van der Waals surface area contributed by atoms with Gasteiger partial charge in [0, 0.05) is 31.6 Å². The third-order valence-electron chi connectivity index (χ3n) is 5.79. The third kappa shape index (κ3) is 5.15. The Morgan fingerprint density at radius 2 is 1.97 bits per heavy atom. The SMILES string of the molecule is CO[C@]1(O)C[C@@](Oc2ccc3c(C)cc(=O)oc3c2)(C(=O)O)O[C@@H]([C@H](O)[C@H](O)CO)[C@@H]1NC(C)=O. The summed E-state index contributed by atoms with van der Waals surface area (Å²) in [6.45, 7) is 1.84. The standard InChI is InChI=1S/C22H27NO12/c1-10-6-16(27)33-15-7-12(4-5-13(10)15)34-22(20(29)30)9-21(31,32-3)19(23-11(2)25)18(35-22)17(28)14(26)8-24/h4-7,14,17-19,24,26,28,31H,8-9H2,1-3H3,(H,23,25)(H,29,30)/t14-,17-,18+,19+,21-,22+/m1/s1. The van der Waals surface area contributed by atoms with E-state index < -0.39 is 66.5 Å². The number of aliphatic hydroxyl groups is 4. The maximum absolute atomic E-state index is 12.4. The monoisotopic (exact) mass is 497 g/mol. The molecule has 1 aliphatic heterocycles. The number of hydrogen-bond donors (Lipinski definition) is 6. The number of aliphatic hydroxyl groups excluding tert-OH is 3. The summed E-state index contributed by atoms with van der Waals surface area (Å²) in [5.74, 6) is -7.74. The molecule has 0 saturated carbocycles. The van der Waals surface area contributed by atoms with E-state index in [0.29, 0.717) is 10.9 Å². The summed E-state index contributed by atoms with van der Waals surface area (Å²) < 4.78 is 21.5. The lowest BCUT2D eigenvalue weighted by Gasteiger charge is -2.51. The van der Waals surface area contributed by atoms with Crippen molar-refractivity contribution in [3.05, 3.63) is 40.2 Å². The maximum atomic E-state index is 12.4. The van der Waals surface area contributed by atoms with E-state index in [2.05, 4.69) is 5.32 Å². The van der Waals surface area contributed by atoms with Crippen molar-refractivity contribution in [2.45, 2.75) is 56.2 Å². The molecule has 2 heterocycles. The second kappa shape index (κ2) is 9.89. The number of benzene rings is 1. The second-order valence-corrected chi connectivity index (χ2v) is 8.29. The number of methoxy groups -OCH3 is 1. The van der Waals surface area contributed by atoms with Gasteiger partial charge in [-0.1, -0.05) is 0 Å². The van der Waals surface area contributed by atoms with Gasteiger partial charge in [0.05, 0.1) is 13.0 Å². The zero-order valence-corrected chi connectivity index (χ0v) is 19.1. The molecule has 35 heavy (non-hydrogen) atoms. The van der Waals surface area contributed by atoms with E-state index in [1.807, 2.05) is 0 Å². The lowest BCUT2D eigenvalue weighted by atomic mass is 9.85. The fourth-order valence-corrected chi connectivity index (χ4v) is 4.03. The van der Waals surface area contributed by atoms with E-state index in [-0.39, 0.29) is 11.3 Å². The number of nitrogens with one attached hydrogen (secondary N) is 1. The summed E-state index contributed by atoms with van der Waals surface area (Å²) in [6.07, 6.45) is -6.54. The van der Waals surface area contributed by atoms with E-state index >= 15 is 0 Å². The van der Waals surface area contributed by atoms with Crippen LogP contribution in [0.3, 0.4) is 0 Å². The molecule has 13 heteroatoms. The van der Waals surface area contributed by atoms with Crippen LogP contribution in [0.2, 0.25) is 0 Å². The van der Waals surface area contributed by atoms with Crippen molar-refractivity contribution in [3.63, 3.8) is 0 Å². The summed E-state index contributed by atoms with van der Waals surface area (Å²) in [5.41, 5.74) is 0.0640. The number of carbonyl (C=O) groups is 2. The van der Waals surface area contributed by atoms with Crippen molar-refractivity contribution < 1.29 is 53.7 Å². The molecule has 192 valence electrons. The van der Waals surface area contributed by atoms with Gasteiger partial charge in [-0.15, -0.1) is 0 Å². The average Bonchev–Trinajstić information content (AvgIpc) is 2.79. The van der Waals surface area contributed by atoms with Gasteiger partial charge >= 0.3 is 17.4 Å². The van der Waals surface area contributed by atoms with Crippen LogP contribution < -0.4 is 15.7 Å². The van der Waals surface area contributed by atoms with Gasteiger partial charge in [0.1, 0.15) is 35.7 Å². The van der Waals surface area contributed by atoms with Gasteiger partial charge in [-0.25, -0.2) is 9.59 Å². The Bertz CT molecular complexity index is 1160. The highest BCUT2D eigenvalue weighted by atomic mass is 16.7. The Hall–Kier alpha value is -3.07. The van der Waals surface area contributed by atoms with Crippen molar-refractivity contribution in [2.75, 3.05) is 13.7 Å². The van der Waals surface area contributed by atoms with Gasteiger partial charge < -0.3 is 49.5 Å². The second-order valence-electron chi connectivity index (χ2n) is 8.29. The van der Waals surface area contributed by atoms with Gasteiger partial charge in [-0.3, -0.25) is 4.79 Å². The van der Waals surface area contributed by atoms with Crippen molar-refractivity contribution in [1.29, 1.82) is 0 Å². The Balaban J connectivity index is 2.11. The van der Waals surface area contributed by atoms with Crippen LogP contribution in [-0.4, -0.2) is 87.1 Å². The first kappa shape index (κ1) is 26.5. The summed E-state index contributed by atoms with van der Waals surface area (Å²) in [5, 5.41) is 54.0. The number of carboxylic acid groups (broad SMARTS) is 1. The van der Waals surface area contributed by atoms with E-state index in [1.165, 1.54) is 24.3 Å². The molecule has 0 radical (unpaired) electrons. The zero-order chi connectivity index (χ0) is 26.1. The molecule has 1 aromatic heterocycles. The van der Waals surface area contributed by atoms with Crippen LogP contribution in [-0.2, 0) is 19.1 Å². The van der Waals surface area contributed by atoms with Crippen LogP contribution in [0.5, 0.6) is 5.75 Å². The van der Waals surface area contributed by atoms with Crippen molar-refractivity contribution in [1.82, 2.24) is 5.32 Å². The predicted octanol–water partition coefficient (Wildman–Crippen LogP) is -1.40. The Morgan fingerprint density at radius 1 is 1.29 bits per heavy atom. The number of amides is 1. The van der Waals surface area contributed by atoms with Crippen molar-refractivity contribution >= 4 is 22.8 Å². The minimum Gasteiger partial charge on any atom is -0.476 e. The van der Waals surface area contributed by atoms with Crippen LogP contribution in [0.1, 0.15) is 18.9 Å². The molecule has 2 aromatic rings. The number of ether oxygens (including phenoxy) is 3. The molecule has 0 unspecified atom stereocenters. The van der Waals surface area contributed by atoms with Gasteiger partial charge in [-0.2, -0.15) is 0 Å². The molecule has 6 atom stereocenters. The van der Waals surface area contributed by atoms with Gasteiger partial charge in [0.2, 0.25) is 5.91 Å².